The summed E-state index contributed by atoms with van der Waals surface area (Å²) in [6, 6.07) is 1.37. The second-order valence-electron chi connectivity index (χ2n) is 6.17. The molecule has 18 heavy (non-hydrogen) atoms. The molecule has 2 fully saturated rings. The summed E-state index contributed by atoms with van der Waals surface area (Å²) in [5, 5.41) is 13.8. The third kappa shape index (κ3) is 3.92. The zero-order valence-electron chi connectivity index (χ0n) is 11.8. The maximum absolute atomic E-state index is 10.2. The monoisotopic (exact) mass is 256 g/mol. The van der Waals surface area contributed by atoms with E-state index in [0.717, 1.165) is 6.04 Å². The number of hydrogen-bond acceptors (Lipinski definition) is 4. The molecular weight excluding hydrogens is 228 g/mol. The van der Waals surface area contributed by atoms with Gasteiger partial charge in [0.15, 0.2) is 0 Å². The zero-order chi connectivity index (χ0) is 13.0. The van der Waals surface area contributed by atoms with Crippen molar-refractivity contribution >= 4 is 0 Å². The number of nitrogens with one attached hydrogen (secondary N) is 1. The van der Waals surface area contributed by atoms with Crippen LogP contribution in [0.3, 0.4) is 0 Å². The van der Waals surface area contributed by atoms with Gasteiger partial charge in [0.1, 0.15) is 0 Å². The van der Waals surface area contributed by atoms with E-state index in [1.54, 1.807) is 7.11 Å². The number of rotatable bonds is 6. The fraction of sp³-hybridized carbons (Fsp3) is 1.00. The quantitative estimate of drug-likeness (QED) is 0.744. The maximum atomic E-state index is 10.2. The van der Waals surface area contributed by atoms with Gasteiger partial charge in [-0.25, -0.2) is 0 Å². The first-order valence-electron chi connectivity index (χ1n) is 7.29. The normalized spacial score (nSPS) is 32.2. The minimum absolute atomic E-state index is 0.582. The van der Waals surface area contributed by atoms with E-state index in [2.05, 4.69) is 10.2 Å². The van der Waals surface area contributed by atoms with Crippen molar-refractivity contribution in [3.8, 4) is 0 Å². The van der Waals surface area contributed by atoms with E-state index < -0.39 is 5.60 Å². The Morgan fingerprint density at radius 3 is 3.00 bits per heavy atom. The molecule has 0 bridgehead atoms. The highest BCUT2D eigenvalue weighted by Crippen LogP contribution is 2.27. The first-order valence-corrected chi connectivity index (χ1v) is 7.29. The predicted molar refractivity (Wildman–Crippen MR) is 72.7 cm³/mol. The Kier molecular flexibility index (Phi) is 5.01. The SMILES string of the molecule is COCCC(C)(O)CNC1CCN2CCCC2C1. The minimum atomic E-state index is -0.650. The Bertz CT molecular complexity index is 258. The van der Waals surface area contributed by atoms with Gasteiger partial charge in [-0.1, -0.05) is 0 Å². The first-order chi connectivity index (χ1) is 8.61. The van der Waals surface area contributed by atoms with Crippen molar-refractivity contribution in [3.63, 3.8) is 0 Å². The number of ether oxygens (including phenoxy) is 1. The van der Waals surface area contributed by atoms with Crippen molar-refractivity contribution in [2.24, 2.45) is 0 Å². The Morgan fingerprint density at radius 2 is 2.22 bits per heavy atom. The highest BCUT2D eigenvalue weighted by Gasteiger charge is 2.32. The summed E-state index contributed by atoms with van der Waals surface area (Å²) in [7, 11) is 1.68. The van der Waals surface area contributed by atoms with Gasteiger partial charge < -0.3 is 20.1 Å². The molecule has 106 valence electrons. The second-order valence-corrected chi connectivity index (χ2v) is 6.17. The molecule has 0 aromatic rings. The lowest BCUT2D eigenvalue weighted by Gasteiger charge is -2.36. The number of aliphatic hydroxyl groups is 1. The van der Waals surface area contributed by atoms with Crippen molar-refractivity contribution in [3.05, 3.63) is 0 Å². The Hall–Kier alpha value is -0.160. The number of hydrogen-bond donors (Lipinski definition) is 2. The van der Waals surface area contributed by atoms with Crippen molar-refractivity contribution in [2.75, 3.05) is 33.4 Å². The molecule has 3 unspecified atom stereocenters. The summed E-state index contributed by atoms with van der Waals surface area (Å²) >= 11 is 0. The van der Waals surface area contributed by atoms with E-state index in [-0.39, 0.29) is 0 Å². The van der Waals surface area contributed by atoms with Crippen LogP contribution in [0.2, 0.25) is 0 Å². The van der Waals surface area contributed by atoms with Gasteiger partial charge in [0, 0.05) is 38.8 Å². The molecule has 3 atom stereocenters. The first kappa shape index (κ1) is 14.3. The number of fused-ring (bicyclic) bond motifs is 1. The molecule has 0 aromatic heterocycles. The third-order valence-corrected chi connectivity index (χ3v) is 4.44. The van der Waals surface area contributed by atoms with Crippen molar-refractivity contribution in [1.82, 2.24) is 10.2 Å². The Morgan fingerprint density at radius 1 is 1.39 bits per heavy atom. The summed E-state index contributed by atoms with van der Waals surface area (Å²) < 4.78 is 5.03. The molecule has 0 spiro atoms. The fourth-order valence-electron chi connectivity index (χ4n) is 3.18. The lowest BCUT2D eigenvalue weighted by Crippen LogP contribution is -2.49. The van der Waals surface area contributed by atoms with Gasteiger partial charge >= 0.3 is 0 Å². The topological polar surface area (TPSA) is 44.7 Å². The molecular formula is C14H28N2O2. The van der Waals surface area contributed by atoms with E-state index in [1.807, 2.05) is 6.92 Å². The van der Waals surface area contributed by atoms with Crippen molar-refractivity contribution in [2.45, 2.75) is 56.7 Å². The predicted octanol–water partition coefficient (Wildman–Crippen LogP) is 0.990. The van der Waals surface area contributed by atoms with E-state index >= 15 is 0 Å². The highest BCUT2D eigenvalue weighted by atomic mass is 16.5. The number of nitrogens with zero attached hydrogens (tertiary/aromatic N) is 1. The number of methoxy groups -OCH3 is 1. The molecule has 0 aromatic carbocycles. The molecule has 2 aliphatic heterocycles. The highest BCUT2D eigenvalue weighted by molar-refractivity contribution is 4.90. The van der Waals surface area contributed by atoms with Crippen molar-refractivity contribution < 1.29 is 9.84 Å². The lowest BCUT2D eigenvalue weighted by molar-refractivity contribution is 0.0197. The summed E-state index contributed by atoms with van der Waals surface area (Å²) in [5.41, 5.74) is -0.650. The smallest absolute Gasteiger partial charge is 0.0765 e. The van der Waals surface area contributed by atoms with Crippen LogP contribution in [-0.2, 0) is 4.74 Å². The molecule has 2 rings (SSSR count). The summed E-state index contributed by atoms with van der Waals surface area (Å²) in [5.74, 6) is 0. The van der Waals surface area contributed by atoms with Crippen LogP contribution in [0.5, 0.6) is 0 Å². The molecule has 2 aliphatic rings. The van der Waals surface area contributed by atoms with Crippen LogP contribution < -0.4 is 5.32 Å². The van der Waals surface area contributed by atoms with Gasteiger partial charge in [0.25, 0.3) is 0 Å². The molecule has 0 amide bonds. The van der Waals surface area contributed by atoms with E-state index in [9.17, 15) is 5.11 Å². The van der Waals surface area contributed by atoms with E-state index in [0.29, 0.717) is 25.6 Å². The molecule has 2 heterocycles. The molecule has 2 saturated heterocycles. The molecule has 2 N–H and O–H groups in total. The van der Waals surface area contributed by atoms with Crippen LogP contribution in [0, 0.1) is 0 Å². The summed E-state index contributed by atoms with van der Waals surface area (Å²) in [4.78, 5) is 2.63. The maximum Gasteiger partial charge on any atom is 0.0765 e. The fourth-order valence-corrected chi connectivity index (χ4v) is 3.18. The molecule has 0 radical (unpaired) electrons. The van der Waals surface area contributed by atoms with Gasteiger partial charge in [0.05, 0.1) is 5.60 Å². The van der Waals surface area contributed by atoms with Gasteiger partial charge in [-0.3, -0.25) is 0 Å². The Labute approximate surface area is 111 Å². The van der Waals surface area contributed by atoms with Gasteiger partial charge in [0.2, 0.25) is 0 Å². The summed E-state index contributed by atoms with van der Waals surface area (Å²) in [6.07, 6.45) is 5.89. The van der Waals surface area contributed by atoms with Crippen LogP contribution >= 0.6 is 0 Å². The second kappa shape index (κ2) is 6.33. The van der Waals surface area contributed by atoms with Gasteiger partial charge in [-0.15, -0.1) is 0 Å². The van der Waals surface area contributed by atoms with Crippen LogP contribution in [0.25, 0.3) is 0 Å². The van der Waals surface area contributed by atoms with Gasteiger partial charge in [-0.05, 0) is 45.7 Å². The van der Waals surface area contributed by atoms with Crippen LogP contribution in [-0.4, -0.2) is 61.0 Å². The Balaban J connectivity index is 1.70. The average molecular weight is 256 g/mol. The summed E-state index contributed by atoms with van der Waals surface area (Å²) in [6.45, 7) is 5.71. The number of piperidine rings is 1. The van der Waals surface area contributed by atoms with Crippen LogP contribution in [0.4, 0.5) is 0 Å². The van der Waals surface area contributed by atoms with Gasteiger partial charge in [-0.2, -0.15) is 0 Å². The van der Waals surface area contributed by atoms with E-state index in [4.69, 9.17) is 4.74 Å². The lowest BCUT2D eigenvalue weighted by atomic mass is 9.96. The van der Waals surface area contributed by atoms with Crippen molar-refractivity contribution in [1.29, 1.82) is 0 Å². The zero-order valence-corrected chi connectivity index (χ0v) is 11.8. The van der Waals surface area contributed by atoms with Crippen LogP contribution in [0.1, 0.15) is 39.0 Å². The molecule has 4 heteroatoms. The molecule has 0 aliphatic carbocycles. The van der Waals surface area contributed by atoms with Crippen LogP contribution in [0.15, 0.2) is 0 Å². The largest absolute Gasteiger partial charge is 0.389 e. The standard InChI is InChI=1S/C14H28N2O2/c1-14(17,6-9-18-2)11-15-12-5-8-16-7-3-4-13(16)10-12/h12-13,15,17H,3-11H2,1-2H3. The third-order valence-electron chi connectivity index (χ3n) is 4.44. The molecule has 0 saturated carbocycles. The average Bonchev–Trinajstić information content (AvgIpc) is 2.81. The minimum Gasteiger partial charge on any atom is -0.389 e. The van der Waals surface area contributed by atoms with E-state index in [1.165, 1.54) is 38.8 Å². The molecule has 4 nitrogen and oxygen atoms in total.